The lowest BCUT2D eigenvalue weighted by Crippen LogP contribution is -2.15. The van der Waals surface area contributed by atoms with Crippen LogP contribution >= 0.6 is 8.58 Å². The second kappa shape index (κ2) is 15.7. The van der Waals surface area contributed by atoms with Gasteiger partial charge in [0.05, 0.1) is 19.1 Å². The van der Waals surface area contributed by atoms with Crippen LogP contribution in [-0.4, -0.2) is 37.1 Å². The highest BCUT2D eigenvalue weighted by atomic mass is 31.1. The van der Waals surface area contributed by atoms with Crippen LogP contribution in [0, 0.1) is 5.92 Å². The molecule has 0 aromatic rings. The maximum Gasteiger partial charge on any atom is 0.143 e. The third kappa shape index (κ3) is 13.3. The summed E-state index contributed by atoms with van der Waals surface area (Å²) < 4.78 is 11.0. The summed E-state index contributed by atoms with van der Waals surface area (Å²) in [6.45, 7) is 7.13. The van der Waals surface area contributed by atoms with E-state index < -0.39 is 0 Å². The van der Waals surface area contributed by atoms with E-state index in [4.69, 9.17) is 14.6 Å². The lowest BCUT2D eigenvalue weighted by atomic mass is 9.95. The van der Waals surface area contributed by atoms with E-state index >= 15 is 0 Å². The van der Waals surface area contributed by atoms with Gasteiger partial charge in [0.15, 0.2) is 0 Å². The van der Waals surface area contributed by atoms with Crippen LogP contribution in [0.15, 0.2) is 0 Å². The van der Waals surface area contributed by atoms with Crippen molar-refractivity contribution in [3.63, 3.8) is 0 Å². The fourth-order valence-corrected chi connectivity index (χ4v) is 2.85. The van der Waals surface area contributed by atoms with Crippen molar-refractivity contribution >= 4 is 8.58 Å². The van der Waals surface area contributed by atoms with E-state index in [0.717, 1.165) is 27.8 Å². The van der Waals surface area contributed by atoms with Gasteiger partial charge in [0.1, 0.15) is 6.79 Å². The Hall–Kier alpha value is 0.310. The minimum Gasteiger partial charge on any atom is -0.374 e. The molecule has 1 N–H and O–H groups in total. The molecule has 3 atom stereocenters. The topological polar surface area (TPSA) is 38.7 Å². The molecule has 20 heavy (non-hydrogen) atoms. The van der Waals surface area contributed by atoms with Gasteiger partial charge in [-0.25, -0.2) is 0 Å². The number of rotatable bonds is 15. The minimum absolute atomic E-state index is 0.158. The first kappa shape index (κ1) is 20.3. The van der Waals surface area contributed by atoms with Crippen LogP contribution in [0.4, 0.5) is 0 Å². The molecule has 0 rings (SSSR count). The zero-order valence-electron chi connectivity index (χ0n) is 13.7. The molecule has 0 fully saturated rings. The second-order valence-corrected chi connectivity index (χ2v) is 7.01. The summed E-state index contributed by atoms with van der Waals surface area (Å²) in [5, 5.41) is 8.80. The van der Waals surface area contributed by atoms with E-state index in [1.54, 1.807) is 0 Å². The molecule has 3 unspecified atom stereocenters. The highest BCUT2D eigenvalue weighted by molar-refractivity contribution is 7.37. The summed E-state index contributed by atoms with van der Waals surface area (Å²) in [5.41, 5.74) is 0. The number of ether oxygens (including phenoxy) is 2. The predicted molar refractivity (Wildman–Crippen MR) is 88.8 cm³/mol. The predicted octanol–water partition coefficient (Wildman–Crippen LogP) is 4.38. The largest absolute Gasteiger partial charge is 0.374 e. The molecule has 3 nitrogen and oxygen atoms in total. The van der Waals surface area contributed by atoms with Gasteiger partial charge in [-0.05, 0) is 38.3 Å². The van der Waals surface area contributed by atoms with Gasteiger partial charge in [0, 0.05) is 0 Å². The molecular weight excluding hydrogens is 271 g/mol. The van der Waals surface area contributed by atoms with Gasteiger partial charge in [-0.3, -0.25) is 0 Å². The molecule has 0 amide bonds. The van der Waals surface area contributed by atoms with Crippen molar-refractivity contribution in [2.75, 3.05) is 25.9 Å². The zero-order chi connectivity index (χ0) is 15.1. The van der Waals surface area contributed by atoms with E-state index in [-0.39, 0.29) is 6.79 Å². The van der Waals surface area contributed by atoms with E-state index in [1.807, 2.05) is 0 Å². The molecule has 0 bridgehead atoms. The summed E-state index contributed by atoms with van der Waals surface area (Å²) in [5.74, 6) is 0.568. The molecular formula is C16H35O3P. The third-order valence-corrected chi connectivity index (χ3v) is 4.48. The first-order valence-corrected chi connectivity index (χ1v) is 9.66. The van der Waals surface area contributed by atoms with E-state index in [2.05, 4.69) is 20.8 Å². The Balaban J connectivity index is 3.77. The van der Waals surface area contributed by atoms with Crippen LogP contribution < -0.4 is 0 Å². The van der Waals surface area contributed by atoms with Gasteiger partial charge in [-0.1, -0.05) is 48.1 Å². The number of unbranched alkanes of at least 4 members (excludes halogenated alkanes) is 3. The van der Waals surface area contributed by atoms with Crippen LogP contribution in [0.3, 0.4) is 0 Å². The van der Waals surface area contributed by atoms with Crippen molar-refractivity contribution in [2.24, 2.45) is 5.92 Å². The Morgan fingerprint density at radius 2 is 1.85 bits per heavy atom. The highest BCUT2D eigenvalue weighted by Gasteiger charge is 2.11. The summed E-state index contributed by atoms with van der Waals surface area (Å²) in [6.07, 6.45) is 11.1. The van der Waals surface area contributed by atoms with Gasteiger partial charge in [0.2, 0.25) is 0 Å². The Morgan fingerprint density at radius 1 is 1.05 bits per heavy atom. The zero-order valence-corrected chi connectivity index (χ0v) is 14.7. The van der Waals surface area contributed by atoms with Crippen molar-refractivity contribution in [1.29, 1.82) is 0 Å². The van der Waals surface area contributed by atoms with Crippen molar-refractivity contribution in [1.82, 2.24) is 0 Å². The molecule has 0 heterocycles. The number of hydrogen-bond acceptors (Lipinski definition) is 3. The molecule has 0 aromatic carbocycles. The quantitative estimate of drug-likeness (QED) is 0.277. The maximum absolute atomic E-state index is 8.80. The molecule has 0 spiro atoms. The van der Waals surface area contributed by atoms with Gasteiger partial charge in [-0.15, -0.1) is 0 Å². The molecule has 0 aliphatic carbocycles. The van der Waals surface area contributed by atoms with Gasteiger partial charge >= 0.3 is 0 Å². The SMILES string of the molecule is CCCCCCC(CCC(C)OCPCC)COCO. The van der Waals surface area contributed by atoms with Crippen LogP contribution in [0.5, 0.6) is 0 Å². The minimum atomic E-state index is -0.158. The van der Waals surface area contributed by atoms with E-state index in [1.165, 1.54) is 38.3 Å². The summed E-state index contributed by atoms with van der Waals surface area (Å²) in [4.78, 5) is 0. The second-order valence-electron chi connectivity index (χ2n) is 5.52. The van der Waals surface area contributed by atoms with Gasteiger partial charge in [-0.2, -0.15) is 0 Å². The van der Waals surface area contributed by atoms with Crippen molar-refractivity contribution in [2.45, 2.75) is 71.8 Å². The molecule has 0 aliphatic heterocycles. The molecule has 4 heteroatoms. The highest BCUT2D eigenvalue weighted by Crippen LogP contribution is 2.20. The monoisotopic (exact) mass is 306 g/mol. The molecule has 0 saturated carbocycles. The Morgan fingerprint density at radius 3 is 2.50 bits per heavy atom. The maximum atomic E-state index is 8.80. The van der Waals surface area contributed by atoms with Crippen LogP contribution in [0.1, 0.15) is 65.7 Å². The third-order valence-electron chi connectivity index (χ3n) is 3.61. The average molecular weight is 306 g/mol. The molecule has 0 aliphatic rings. The number of aliphatic hydroxyl groups excluding tert-OH is 1. The fourth-order valence-electron chi connectivity index (χ4n) is 2.25. The Labute approximate surface area is 127 Å². The lowest BCUT2D eigenvalue weighted by molar-refractivity contribution is -0.0224. The summed E-state index contributed by atoms with van der Waals surface area (Å²) >= 11 is 0. The van der Waals surface area contributed by atoms with Crippen LogP contribution in [-0.2, 0) is 9.47 Å². The standard InChI is InChI=1S/C16H35O3P/c1-4-6-7-8-9-16(12-18-13-17)11-10-15(3)19-14-20-5-2/h15-17,20H,4-14H2,1-3H3. The van der Waals surface area contributed by atoms with Gasteiger partial charge in [0.25, 0.3) is 0 Å². The van der Waals surface area contributed by atoms with Crippen molar-refractivity contribution < 1.29 is 14.6 Å². The molecule has 0 saturated heterocycles. The van der Waals surface area contributed by atoms with E-state index in [0.29, 0.717) is 18.6 Å². The molecule has 0 radical (unpaired) electrons. The first-order chi connectivity index (χ1) is 9.74. The lowest BCUT2D eigenvalue weighted by Gasteiger charge is -2.19. The molecule has 122 valence electrons. The van der Waals surface area contributed by atoms with Crippen LogP contribution in [0.2, 0.25) is 0 Å². The smallest absolute Gasteiger partial charge is 0.143 e. The summed E-state index contributed by atoms with van der Waals surface area (Å²) in [6, 6.07) is 0. The number of hydrogen-bond donors (Lipinski definition) is 1. The average Bonchev–Trinajstić information content (AvgIpc) is 2.45. The molecule has 0 aromatic heterocycles. The Kier molecular flexibility index (Phi) is 15.9. The normalized spacial score (nSPS) is 15.0. The fraction of sp³-hybridized carbons (Fsp3) is 1.00. The van der Waals surface area contributed by atoms with Crippen molar-refractivity contribution in [3.05, 3.63) is 0 Å². The van der Waals surface area contributed by atoms with E-state index in [9.17, 15) is 0 Å². The van der Waals surface area contributed by atoms with Crippen molar-refractivity contribution in [3.8, 4) is 0 Å². The van der Waals surface area contributed by atoms with Gasteiger partial charge < -0.3 is 14.6 Å². The summed E-state index contributed by atoms with van der Waals surface area (Å²) in [7, 11) is 0.927. The number of aliphatic hydroxyl groups is 1. The van der Waals surface area contributed by atoms with Crippen LogP contribution in [0.25, 0.3) is 0 Å². The first-order valence-electron chi connectivity index (χ1n) is 8.25. The Bertz CT molecular complexity index is 191.